The number of halogens is 1. The molecule has 2 aromatic carbocycles. The molecule has 0 spiro atoms. The molecule has 2 heterocycles. The Kier molecular flexibility index (Phi) is 6.14. The molecule has 0 N–H and O–H groups in total. The zero-order valence-corrected chi connectivity index (χ0v) is 18.4. The zero-order valence-electron chi connectivity index (χ0n) is 17.6. The van der Waals surface area contributed by atoms with Crippen molar-refractivity contribution in [2.75, 3.05) is 6.61 Å². The lowest BCUT2D eigenvalue weighted by molar-refractivity contribution is -0.150. The van der Waals surface area contributed by atoms with Crippen molar-refractivity contribution < 1.29 is 23.5 Å². The third-order valence-electron chi connectivity index (χ3n) is 5.21. The molecule has 0 aliphatic carbocycles. The Morgan fingerprint density at radius 3 is 2.59 bits per heavy atom. The number of ether oxygens (including phenoxy) is 1. The van der Waals surface area contributed by atoms with E-state index in [4.69, 9.17) is 4.74 Å². The fraction of sp³-hybridized carbons (Fsp3) is 0.208. The van der Waals surface area contributed by atoms with Crippen LogP contribution in [0.15, 0.2) is 59.6 Å². The Morgan fingerprint density at radius 2 is 1.88 bits per heavy atom. The number of carbonyl (C=O) groups is 3. The Morgan fingerprint density at radius 1 is 1.16 bits per heavy atom. The average Bonchev–Trinajstić information content (AvgIpc) is 3.26. The maximum absolute atomic E-state index is 13.3. The van der Waals surface area contributed by atoms with Crippen LogP contribution < -0.4 is 0 Å². The van der Waals surface area contributed by atoms with Gasteiger partial charge in [0.05, 0.1) is 11.5 Å². The van der Waals surface area contributed by atoms with Gasteiger partial charge in [0.15, 0.2) is 0 Å². The van der Waals surface area contributed by atoms with Crippen LogP contribution in [0, 0.1) is 5.82 Å². The predicted octanol–water partition coefficient (Wildman–Crippen LogP) is 4.82. The minimum atomic E-state index is -0.992. The summed E-state index contributed by atoms with van der Waals surface area (Å²) >= 11 is 0.804. The Labute approximate surface area is 188 Å². The molecule has 1 saturated heterocycles. The number of hydrogen-bond donors (Lipinski definition) is 0. The molecule has 8 heteroatoms. The maximum atomic E-state index is 13.3. The molecule has 3 aromatic rings. The second kappa shape index (κ2) is 9.00. The van der Waals surface area contributed by atoms with E-state index in [1.54, 1.807) is 25.1 Å². The van der Waals surface area contributed by atoms with Crippen LogP contribution in [0.4, 0.5) is 9.18 Å². The summed E-state index contributed by atoms with van der Waals surface area (Å²) in [5.74, 6) is -1.43. The summed E-state index contributed by atoms with van der Waals surface area (Å²) in [6, 6.07) is 13.0. The average molecular weight is 453 g/mol. The van der Waals surface area contributed by atoms with E-state index in [1.807, 2.05) is 35.0 Å². The van der Waals surface area contributed by atoms with Crippen LogP contribution in [-0.2, 0) is 20.9 Å². The van der Waals surface area contributed by atoms with Gasteiger partial charge in [0.25, 0.3) is 11.1 Å². The highest BCUT2D eigenvalue weighted by atomic mass is 32.2. The molecule has 1 atom stereocenters. The summed E-state index contributed by atoms with van der Waals surface area (Å²) in [5, 5.41) is 0.414. The number of aromatic nitrogens is 1. The highest BCUT2D eigenvalue weighted by Gasteiger charge is 2.41. The van der Waals surface area contributed by atoms with Crippen molar-refractivity contribution in [2.45, 2.75) is 26.4 Å². The van der Waals surface area contributed by atoms with Gasteiger partial charge in [0.1, 0.15) is 11.9 Å². The van der Waals surface area contributed by atoms with Gasteiger partial charge in [-0.15, -0.1) is 0 Å². The van der Waals surface area contributed by atoms with E-state index in [0.717, 1.165) is 38.7 Å². The van der Waals surface area contributed by atoms with E-state index in [-0.39, 0.29) is 17.3 Å². The Hall–Kier alpha value is -3.39. The number of benzene rings is 2. The summed E-state index contributed by atoms with van der Waals surface area (Å²) in [7, 11) is 0. The van der Waals surface area contributed by atoms with Crippen LogP contribution in [0.2, 0.25) is 0 Å². The van der Waals surface area contributed by atoms with Crippen LogP contribution in [0.5, 0.6) is 0 Å². The third-order valence-corrected chi connectivity index (χ3v) is 6.09. The number of rotatable bonds is 6. The molecule has 0 radical (unpaired) electrons. The van der Waals surface area contributed by atoms with Crippen LogP contribution in [-0.4, -0.2) is 39.2 Å². The number of nitrogens with zero attached hydrogens (tertiary/aromatic N) is 2. The van der Waals surface area contributed by atoms with Crippen molar-refractivity contribution >= 4 is 45.9 Å². The van der Waals surface area contributed by atoms with Gasteiger partial charge in [-0.05, 0) is 55.4 Å². The number of carbonyl (C=O) groups excluding carboxylic acids is 3. The SMILES string of the molecule is CCOC(=O)C(C)N1C(=O)S/C(=C\c2cn(Cc3ccc(F)cc3)c3ccccc23)C1=O. The van der Waals surface area contributed by atoms with Gasteiger partial charge in [0, 0.05) is 29.2 Å². The number of para-hydroxylation sites is 1. The number of imide groups is 1. The normalized spacial score (nSPS) is 16.2. The van der Waals surface area contributed by atoms with Crippen molar-refractivity contribution in [1.29, 1.82) is 0 Å². The lowest BCUT2D eigenvalue weighted by Gasteiger charge is -2.19. The minimum Gasteiger partial charge on any atom is -0.464 e. The lowest BCUT2D eigenvalue weighted by atomic mass is 10.1. The molecule has 0 bridgehead atoms. The largest absolute Gasteiger partial charge is 0.464 e. The predicted molar refractivity (Wildman–Crippen MR) is 121 cm³/mol. The van der Waals surface area contributed by atoms with E-state index in [1.165, 1.54) is 19.1 Å². The molecule has 164 valence electrons. The molecule has 0 saturated carbocycles. The van der Waals surface area contributed by atoms with E-state index < -0.39 is 23.2 Å². The monoisotopic (exact) mass is 452 g/mol. The van der Waals surface area contributed by atoms with Gasteiger partial charge in [-0.25, -0.2) is 9.18 Å². The van der Waals surface area contributed by atoms with Crippen molar-refractivity contribution in [3.8, 4) is 0 Å². The fourth-order valence-electron chi connectivity index (χ4n) is 3.63. The second-order valence-electron chi connectivity index (χ2n) is 7.34. The van der Waals surface area contributed by atoms with Crippen LogP contribution in [0.3, 0.4) is 0 Å². The first kappa shape index (κ1) is 21.8. The van der Waals surface area contributed by atoms with Gasteiger partial charge in [0.2, 0.25) is 0 Å². The number of thioether (sulfide) groups is 1. The number of fused-ring (bicyclic) bond motifs is 1. The molecule has 2 amide bonds. The summed E-state index contributed by atoms with van der Waals surface area (Å²) < 4.78 is 20.2. The number of esters is 1. The maximum Gasteiger partial charge on any atom is 0.329 e. The van der Waals surface area contributed by atoms with Gasteiger partial charge in [-0.3, -0.25) is 14.5 Å². The van der Waals surface area contributed by atoms with Crippen molar-refractivity contribution in [3.63, 3.8) is 0 Å². The van der Waals surface area contributed by atoms with Crippen LogP contribution in [0.1, 0.15) is 25.0 Å². The summed E-state index contributed by atoms with van der Waals surface area (Å²) in [5.41, 5.74) is 2.65. The summed E-state index contributed by atoms with van der Waals surface area (Å²) in [4.78, 5) is 38.6. The second-order valence-corrected chi connectivity index (χ2v) is 8.33. The fourth-order valence-corrected chi connectivity index (χ4v) is 4.53. The molecule has 1 fully saturated rings. The third kappa shape index (κ3) is 4.18. The van der Waals surface area contributed by atoms with Crippen LogP contribution >= 0.6 is 11.8 Å². The highest BCUT2D eigenvalue weighted by Crippen LogP contribution is 2.35. The van der Waals surface area contributed by atoms with Crippen molar-refractivity contribution in [1.82, 2.24) is 9.47 Å². The molecule has 4 rings (SSSR count). The molecule has 1 aliphatic rings. The molecule has 1 aromatic heterocycles. The Balaban J connectivity index is 1.67. The minimum absolute atomic E-state index is 0.169. The molecule has 1 unspecified atom stereocenters. The van der Waals surface area contributed by atoms with Gasteiger partial charge in [-0.1, -0.05) is 30.3 Å². The van der Waals surface area contributed by atoms with E-state index >= 15 is 0 Å². The first-order valence-electron chi connectivity index (χ1n) is 10.1. The highest BCUT2D eigenvalue weighted by molar-refractivity contribution is 8.18. The molecule has 32 heavy (non-hydrogen) atoms. The molecule has 6 nitrogen and oxygen atoms in total. The summed E-state index contributed by atoms with van der Waals surface area (Å²) in [6.45, 7) is 3.84. The smallest absolute Gasteiger partial charge is 0.329 e. The van der Waals surface area contributed by atoms with E-state index in [0.29, 0.717) is 6.54 Å². The molecular weight excluding hydrogens is 431 g/mol. The number of amides is 2. The van der Waals surface area contributed by atoms with Crippen molar-refractivity contribution in [2.24, 2.45) is 0 Å². The van der Waals surface area contributed by atoms with Gasteiger partial charge in [-0.2, -0.15) is 0 Å². The lowest BCUT2D eigenvalue weighted by Crippen LogP contribution is -2.42. The van der Waals surface area contributed by atoms with E-state index in [9.17, 15) is 18.8 Å². The quantitative estimate of drug-likeness (QED) is 0.396. The van der Waals surface area contributed by atoms with Gasteiger partial charge >= 0.3 is 5.97 Å². The van der Waals surface area contributed by atoms with Gasteiger partial charge < -0.3 is 9.30 Å². The van der Waals surface area contributed by atoms with E-state index in [2.05, 4.69) is 0 Å². The standard InChI is InChI=1S/C24H21FN2O4S/c1-3-31-23(29)15(2)27-22(28)21(32-24(27)30)12-17-14-26(20-7-5-4-6-19(17)20)13-16-8-10-18(25)11-9-16/h4-12,14-15H,3,13H2,1-2H3/b21-12-. The number of hydrogen-bond acceptors (Lipinski definition) is 5. The topological polar surface area (TPSA) is 68.6 Å². The Bertz CT molecular complexity index is 1230. The zero-order chi connectivity index (χ0) is 22.8. The first-order valence-corrected chi connectivity index (χ1v) is 11.0. The first-order chi connectivity index (χ1) is 15.4. The van der Waals surface area contributed by atoms with Crippen molar-refractivity contribution in [3.05, 3.63) is 76.6 Å². The molecule has 1 aliphatic heterocycles. The summed E-state index contributed by atoms with van der Waals surface area (Å²) in [6.07, 6.45) is 3.57. The van der Waals surface area contributed by atoms with Crippen LogP contribution in [0.25, 0.3) is 17.0 Å². The molecular formula is C24H21FN2O4S.